The van der Waals surface area contributed by atoms with E-state index in [0.717, 1.165) is 35.1 Å². The fraction of sp³-hybridized carbons (Fsp3) is 0.389. The maximum Gasteiger partial charge on any atom is 0.246 e. The van der Waals surface area contributed by atoms with Gasteiger partial charge in [0.15, 0.2) is 0 Å². The number of hydrogen-bond acceptors (Lipinski definition) is 6. The molecule has 134 valence electrons. The number of fused-ring (bicyclic) bond motifs is 1. The van der Waals surface area contributed by atoms with Crippen LogP contribution in [0.3, 0.4) is 0 Å². The quantitative estimate of drug-likeness (QED) is 0.592. The second-order valence-electron chi connectivity index (χ2n) is 6.40. The van der Waals surface area contributed by atoms with Crippen molar-refractivity contribution in [2.45, 2.75) is 32.2 Å². The molecule has 2 aromatic rings. The number of amides is 1. The second-order valence-corrected chi connectivity index (χ2v) is 6.94. The van der Waals surface area contributed by atoms with Gasteiger partial charge < -0.3 is 25.3 Å². The first-order chi connectivity index (χ1) is 11.9. The minimum Gasteiger partial charge on any atom is -0.488 e. The predicted molar refractivity (Wildman–Crippen MR) is 98.5 cm³/mol. The molecule has 0 radical (unpaired) electrons. The third kappa shape index (κ3) is 3.48. The van der Waals surface area contributed by atoms with Crippen LogP contribution in [-0.2, 0) is 10.3 Å². The van der Waals surface area contributed by atoms with E-state index in [-0.39, 0.29) is 12.5 Å². The first kappa shape index (κ1) is 17.7. The Morgan fingerprint density at radius 1 is 1.48 bits per heavy atom. The Labute approximate surface area is 151 Å². The minimum absolute atomic E-state index is 0.287. The lowest BCUT2D eigenvalue weighted by atomic mass is 10.0. The molecule has 1 heterocycles. The van der Waals surface area contributed by atoms with Crippen molar-refractivity contribution < 1.29 is 19.1 Å². The molecule has 7 heteroatoms. The zero-order chi connectivity index (χ0) is 18.2. The summed E-state index contributed by atoms with van der Waals surface area (Å²) < 4.78 is 11.6. The number of aryl methyl sites for hydroxylation is 1. The van der Waals surface area contributed by atoms with Crippen LogP contribution in [0.1, 0.15) is 31.1 Å². The summed E-state index contributed by atoms with van der Waals surface area (Å²) in [4.78, 5) is 12.4. The van der Waals surface area contributed by atoms with Crippen LogP contribution in [0.5, 0.6) is 5.75 Å². The zero-order valence-electron chi connectivity index (χ0n) is 14.3. The maximum absolute atomic E-state index is 11.7. The number of hydrogen-bond donors (Lipinski definition) is 4. The number of nitrogens with two attached hydrogens (primary N) is 1. The third-order valence-electron chi connectivity index (χ3n) is 4.42. The van der Waals surface area contributed by atoms with E-state index in [1.54, 1.807) is 6.92 Å². The van der Waals surface area contributed by atoms with Crippen LogP contribution in [0.4, 0.5) is 0 Å². The van der Waals surface area contributed by atoms with Crippen LogP contribution < -0.4 is 15.8 Å². The van der Waals surface area contributed by atoms with E-state index in [1.165, 1.54) is 0 Å². The average molecular weight is 362 g/mol. The molecule has 1 aromatic carbocycles. The smallest absolute Gasteiger partial charge is 0.246 e. The first-order valence-corrected chi connectivity index (χ1v) is 8.53. The van der Waals surface area contributed by atoms with Gasteiger partial charge in [-0.2, -0.15) is 0 Å². The van der Waals surface area contributed by atoms with Crippen molar-refractivity contribution in [2.24, 2.45) is 5.73 Å². The molecule has 0 bridgehead atoms. The molecule has 1 aliphatic rings. The van der Waals surface area contributed by atoms with E-state index in [1.807, 2.05) is 25.1 Å². The van der Waals surface area contributed by atoms with Crippen molar-refractivity contribution in [1.82, 2.24) is 5.32 Å². The van der Waals surface area contributed by atoms with Crippen molar-refractivity contribution in [3.8, 4) is 5.75 Å². The molecule has 0 unspecified atom stereocenters. The molecular formula is C18H22N2O4S. The Morgan fingerprint density at radius 2 is 2.20 bits per heavy atom. The van der Waals surface area contributed by atoms with E-state index >= 15 is 0 Å². The molecule has 1 amide bonds. The number of aliphatic hydroxyl groups is 1. The van der Waals surface area contributed by atoms with Crippen LogP contribution in [0.15, 0.2) is 33.2 Å². The van der Waals surface area contributed by atoms with Gasteiger partial charge in [0, 0.05) is 21.6 Å². The van der Waals surface area contributed by atoms with Crippen LogP contribution in [-0.4, -0.2) is 24.2 Å². The largest absolute Gasteiger partial charge is 0.488 e. The number of benzene rings is 1. The molecule has 3 rings (SSSR count). The standard InChI is InChI=1S/C18H22N2O4S/c1-10(19)15(25)9-23-12-3-4-14-13(7-12)17(11(2)24-14)18(5-6-18)20-16(22)8-21/h3-4,7,21,25H,5-6,8-9,19H2,1-2H3,(H,20,22)/b15-10-. The lowest BCUT2D eigenvalue weighted by Gasteiger charge is -2.17. The summed E-state index contributed by atoms with van der Waals surface area (Å²) in [5.41, 5.74) is 7.53. The van der Waals surface area contributed by atoms with Gasteiger partial charge in [-0.1, -0.05) is 0 Å². The van der Waals surface area contributed by atoms with Crippen LogP contribution >= 0.6 is 12.6 Å². The molecule has 6 nitrogen and oxygen atoms in total. The fourth-order valence-corrected chi connectivity index (χ4v) is 3.08. The van der Waals surface area contributed by atoms with E-state index in [9.17, 15) is 4.79 Å². The van der Waals surface area contributed by atoms with Gasteiger partial charge in [0.2, 0.25) is 5.91 Å². The number of allylic oxidation sites excluding steroid dienone is 1. The highest BCUT2D eigenvalue weighted by atomic mass is 32.1. The van der Waals surface area contributed by atoms with Crippen molar-refractivity contribution in [2.75, 3.05) is 13.2 Å². The molecule has 0 spiro atoms. The Bertz CT molecular complexity index is 848. The number of aliphatic hydroxyl groups excluding tert-OH is 1. The number of ether oxygens (including phenoxy) is 1. The van der Waals surface area contributed by atoms with Crippen LogP contribution in [0.25, 0.3) is 11.0 Å². The normalized spacial score (nSPS) is 16.5. The van der Waals surface area contributed by atoms with Gasteiger partial charge in [-0.3, -0.25) is 4.79 Å². The molecular weight excluding hydrogens is 340 g/mol. The number of rotatable bonds is 6. The molecule has 1 aliphatic carbocycles. The minimum atomic E-state index is -0.527. The number of nitrogens with one attached hydrogen (secondary N) is 1. The molecule has 1 aromatic heterocycles. The van der Waals surface area contributed by atoms with Crippen molar-refractivity contribution in [1.29, 1.82) is 0 Å². The molecule has 0 saturated heterocycles. The summed E-state index contributed by atoms with van der Waals surface area (Å²) >= 11 is 4.30. The summed E-state index contributed by atoms with van der Waals surface area (Å²) in [6.07, 6.45) is 1.63. The van der Waals surface area contributed by atoms with E-state index in [2.05, 4.69) is 17.9 Å². The zero-order valence-corrected chi connectivity index (χ0v) is 15.2. The van der Waals surface area contributed by atoms with Crippen molar-refractivity contribution >= 4 is 29.5 Å². The Morgan fingerprint density at radius 3 is 2.80 bits per heavy atom. The van der Waals surface area contributed by atoms with Gasteiger partial charge in [-0.15, -0.1) is 12.6 Å². The molecule has 0 atom stereocenters. The monoisotopic (exact) mass is 362 g/mol. The SMILES string of the molecule is C/C(N)=C(/S)COc1ccc2oc(C)c(C3(NC(=O)CO)CC3)c2c1. The molecule has 1 saturated carbocycles. The lowest BCUT2D eigenvalue weighted by molar-refractivity contribution is -0.124. The Balaban J connectivity index is 1.94. The number of carbonyl (C=O) groups excluding carboxylic acids is 1. The van der Waals surface area contributed by atoms with Gasteiger partial charge in [-0.25, -0.2) is 0 Å². The molecule has 25 heavy (non-hydrogen) atoms. The highest BCUT2D eigenvalue weighted by Crippen LogP contribution is 2.50. The number of thiol groups is 1. The Hall–Kier alpha value is -2.12. The van der Waals surface area contributed by atoms with Gasteiger partial charge >= 0.3 is 0 Å². The van der Waals surface area contributed by atoms with Gasteiger partial charge in [0.25, 0.3) is 0 Å². The summed E-state index contributed by atoms with van der Waals surface area (Å²) in [5.74, 6) is 1.05. The summed E-state index contributed by atoms with van der Waals surface area (Å²) in [5, 5.41) is 12.9. The second kappa shape index (κ2) is 6.65. The summed E-state index contributed by atoms with van der Waals surface area (Å²) in [6.45, 7) is 3.41. The number of furan rings is 1. The highest BCUT2D eigenvalue weighted by Gasteiger charge is 2.48. The Kier molecular flexibility index (Phi) is 4.71. The molecule has 4 N–H and O–H groups in total. The lowest BCUT2D eigenvalue weighted by Crippen LogP contribution is -2.36. The van der Waals surface area contributed by atoms with Crippen LogP contribution in [0.2, 0.25) is 0 Å². The van der Waals surface area contributed by atoms with Gasteiger partial charge in [0.05, 0.1) is 5.54 Å². The molecule has 1 fully saturated rings. The average Bonchev–Trinajstić information content (AvgIpc) is 3.25. The summed E-state index contributed by atoms with van der Waals surface area (Å²) in [6, 6.07) is 5.58. The predicted octanol–water partition coefficient (Wildman–Crippen LogP) is 2.34. The van der Waals surface area contributed by atoms with Gasteiger partial charge in [0.1, 0.15) is 30.3 Å². The van der Waals surface area contributed by atoms with E-state index in [0.29, 0.717) is 16.4 Å². The number of carbonyl (C=O) groups is 1. The van der Waals surface area contributed by atoms with E-state index < -0.39 is 12.1 Å². The fourth-order valence-electron chi connectivity index (χ4n) is 3.02. The molecule has 0 aliphatic heterocycles. The van der Waals surface area contributed by atoms with Crippen molar-refractivity contribution in [3.63, 3.8) is 0 Å². The van der Waals surface area contributed by atoms with Gasteiger partial charge in [-0.05, 0) is 44.9 Å². The van der Waals surface area contributed by atoms with E-state index in [4.69, 9.17) is 20.0 Å². The van der Waals surface area contributed by atoms with Crippen LogP contribution in [0, 0.1) is 6.92 Å². The maximum atomic E-state index is 11.7. The first-order valence-electron chi connectivity index (χ1n) is 8.09. The third-order valence-corrected chi connectivity index (χ3v) is 4.90. The topological polar surface area (TPSA) is 97.7 Å². The van der Waals surface area contributed by atoms with Crippen molar-refractivity contribution in [3.05, 3.63) is 40.1 Å². The summed E-state index contributed by atoms with van der Waals surface area (Å²) in [7, 11) is 0. The highest BCUT2D eigenvalue weighted by molar-refractivity contribution is 7.84.